The summed E-state index contributed by atoms with van der Waals surface area (Å²) in [5, 5.41) is 13.8. The Morgan fingerprint density at radius 2 is 1.83 bits per heavy atom. The molecule has 1 fully saturated rings. The molecule has 0 atom stereocenters. The zero-order valence-electron chi connectivity index (χ0n) is 16.3. The fraction of sp³-hybridized carbons (Fsp3) is 0.304. The molecule has 1 saturated heterocycles. The number of piperidine rings is 1. The number of nitro benzene ring substituents is 1. The van der Waals surface area contributed by atoms with Crippen LogP contribution in [0.5, 0.6) is 5.75 Å². The highest BCUT2D eigenvalue weighted by Crippen LogP contribution is 2.33. The minimum absolute atomic E-state index is 0.0292. The second kappa shape index (κ2) is 8.29. The summed E-state index contributed by atoms with van der Waals surface area (Å²) in [6.07, 6.45) is 3.20. The Hall–Kier alpha value is -2.79. The second-order valence-electron chi connectivity index (χ2n) is 7.57. The third-order valence-electron chi connectivity index (χ3n) is 5.73. The van der Waals surface area contributed by atoms with E-state index in [-0.39, 0.29) is 5.69 Å². The molecule has 6 heteroatoms. The summed E-state index contributed by atoms with van der Waals surface area (Å²) >= 11 is 6.30. The molecule has 0 spiro atoms. The van der Waals surface area contributed by atoms with Gasteiger partial charge in [-0.3, -0.25) is 10.1 Å². The number of ether oxygens (including phenoxy) is 1. The van der Waals surface area contributed by atoms with Crippen LogP contribution in [0.3, 0.4) is 0 Å². The van der Waals surface area contributed by atoms with Gasteiger partial charge in [0.15, 0.2) is 0 Å². The maximum absolute atomic E-state index is 10.9. The van der Waals surface area contributed by atoms with E-state index in [1.54, 1.807) is 13.2 Å². The molecule has 0 N–H and O–H groups in total. The van der Waals surface area contributed by atoms with Gasteiger partial charge in [0.1, 0.15) is 5.75 Å². The highest BCUT2D eigenvalue weighted by atomic mass is 35.5. The Morgan fingerprint density at radius 3 is 2.52 bits per heavy atom. The van der Waals surface area contributed by atoms with E-state index in [1.807, 2.05) is 6.07 Å². The van der Waals surface area contributed by atoms with Gasteiger partial charge in [-0.1, -0.05) is 35.9 Å². The Bertz CT molecular complexity index is 1050. The minimum Gasteiger partial charge on any atom is -0.497 e. The van der Waals surface area contributed by atoms with E-state index in [1.165, 1.54) is 28.5 Å². The topological polar surface area (TPSA) is 55.6 Å². The first-order valence-electron chi connectivity index (χ1n) is 9.79. The van der Waals surface area contributed by atoms with Gasteiger partial charge in [0, 0.05) is 25.2 Å². The summed E-state index contributed by atoms with van der Waals surface area (Å²) in [4.78, 5) is 12.7. The molecule has 29 heavy (non-hydrogen) atoms. The van der Waals surface area contributed by atoms with Crippen molar-refractivity contribution < 1.29 is 9.66 Å². The van der Waals surface area contributed by atoms with Crippen LogP contribution in [0.25, 0.3) is 10.8 Å². The number of nitrogens with zero attached hydrogens (tertiary/aromatic N) is 2. The number of non-ortho nitro benzene ring substituents is 1. The van der Waals surface area contributed by atoms with Gasteiger partial charge in [-0.05, 0) is 59.7 Å². The Balaban J connectivity index is 1.41. The van der Waals surface area contributed by atoms with Crippen LogP contribution in [-0.4, -0.2) is 25.1 Å². The molecule has 1 aliphatic heterocycles. The average Bonchev–Trinajstić information content (AvgIpc) is 2.73. The van der Waals surface area contributed by atoms with Crippen molar-refractivity contribution in [1.82, 2.24) is 0 Å². The van der Waals surface area contributed by atoms with Crippen LogP contribution in [0.1, 0.15) is 18.4 Å². The van der Waals surface area contributed by atoms with Crippen LogP contribution in [0, 0.1) is 16.0 Å². The molecular weight excluding hydrogens is 388 g/mol. The summed E-state index contributed by atoms with van der Waals surface area (Å²) in [5.41, 5.74) is 2.26. The first kappa shape index (κ1) is 19.5. The average molecular weight is 411 g/mol. The number of benzene rings is 3. The van der Waals surface area contributed by atoms with Crippen LogP contribution in [0.4, 0.5) is 11.4 Å². The van der Waals surface area contributed by atoms with Crippen LogP contribution >= 0.6 is 11.6 Å². The van der Waals surface area contributed by atoms with Gasteiger partial charge in [0.25, 0.3) is 5.69 Å². The van der Waals surface area contributed by atoms with E-state index in [9.17, 15) is 10.1 Å². The standard InChI is InChI=1S/C23H23ClN2O3/c1-29-21-6-4-18-3-2-17(13-19(18)14-21)12-16-8-10-25(11-9-16)23-7-5-20(26(27)28)15-22(23)24/h2-7,13-16H,8-12H2,1H3. The van der Waals surface area contributed by atoms with Gasteiger partial charge < -0.3 is 9.64 Å². The molecule has 0 unspecified atom stereocenters. The SMILES string of the molecule is COc1ccc2ccc(CC3CCN(c4ccc([N+](=O)[O-])cc4Cl)CC3)cc2c1. The Morgan fingerprint density at radius 1 is 1.07 bits per heavy atom. The summed E-state index contributed by atoms with van der Waals surface area (Å²) in [5.74, 6) is 1.49. The predicted molar refractivity (Wildman–Crippen MR) is 117 cm³/mol. The molecule has 0 radical (unpaired) electrons. The lowest BCUT2D eigenvalue weighted by atomic mass is 9.89. The number of hydrogen-bond acceptors (Lipinski definition) is 4. The van der Waals surface area contributed by atoms with Crippen molar-refractivity contribution in [3.05, 3.63) is 75.3 Å². The van der Waals surface area contributed by atoms with Gasteiger partial charge in [0.2, 0.25) is 0 Å². The summed E-state index contributed by atoms with van der Waals surface area (Å²) in [6.45, 7) is 1.81. The summed E-state index contributed by atoms with van der Waals surface area (Å²) < 4.78 is 5.34. The Labute approximate surface area is 175 Å². The lowest BCUT2D eigenvalue weighted by Crippen LogP contribution is -2.34. The molecule has 0 aliphatic carbocycles. The lowest BCUT2D eigenvalue weighted by molar-refractivity contribution is -0.384. The molecule has 3 aromatic rings. The Kier molecular flexibility index (Phi) is 5.58. The first-order valence-corrected chi connectivity index (χ1v) is 10.2. The van der Waals surface area contributed by atoms with Crippen molar-refractivity contribution in [3.8, 4) is 5.75 Å². The monoisotopic (exact) mass is 410 g/mol. The van der Waals surface area contributed by atoms with Crippen molar-refractivity contribution in [2.24, 2.45) is 5.92 Å². The van der Waals surface area contributed by atoms with E-state index in [2.05, 4.69) is 35.2 Å². The number of methoxy groups -OCH3 is 1. The first-order chi connectivity index (χ1) is 14.0. The van der Waals surface area contributed by atoms with E-state index in [0.717, 1.165) is 43.8 Å². The van der Waals surface area contributed by atoms with Crippen molar-refractivity contribution in [2.45, 2.75) is 19.3 Å². The zero-order chi connectivity index (χ0) is 20.4. The molecule has 0 saturated carbocycles. The van der Waals surface area contributed by atoms with Crippen LogP contribution in [0.2, 0.25) is 5.02 Å². The van der Waals surface area contributed by atoms with Gasteiger partial charge in [-0.2, -0.15) is 0 Å². The molecule has 1 aliphatic rings. The molecule has 3 aromatic carbocycles. The lowest BCUT2D eigenvalue weighted by Gasteiger charge is -2.34. The van der Waals surface area contributed by atoms with Crippen molar-refractivity contribution in [3.63, 3.8) is 0 Å². The van der Waals surface area contributed by atoms with Gasteiger partial charge >= 0.3 is 0 Å². The van der Waals surface area contributed by atoms with Crippen LogP contribution in [0.15, 0.2) is 54.6 Å². The van der Waals surface area contributed by atoms with Crippen molar-refractivity contribution in [1.29, 1.82) is 0 Å². The smallest absolute Gasteiger partial charge is 0.271 e. The number of anilines is 1. The fourth-order valence-corrected chi connectivity index (χ4v) is 4.40. The molecule has 0 amide bonds. The molecule has 150 valence electrons. The van der Waals surface area contributed by atoms with Crippen LogP contribution < -0.4 is 9.64 Å². The number of rotatable bonds is 5. The molecule has 0 bridgehead atoms. The number of fused-ring (bicyclic) bond motifs is 1. The largest absolute Gasteiger partial charge is 0.497 e. The zero-order valence-corrected chi connectivity index (χ0v) is 17.1. The highest BCUT2D eigenvalue weighted by molar-refractivity contribution is 6.33. The molecule has 1 heterocycles. The van der Waals surface area contributed by atoms with E-state index >= 15 is 0 Å². The van der Waals surface area contributed by atoms with Gasteiger partial charge in [-0.25, -0.2) is 0 Å². The van der Waals surface area contributed by atoms with E-state index < -0.39 is 4.92 Å². The van der Waals surface area contributed by atoms with Crippen molar-refractivity contribution >= 4 is 33.7 Å². The maximum atomic E-state index is 10.9. The van der Waals surface area contributed by atoms with E-state index in [4.69, 9.17) is 16.3 Å². The summed E-state index contributed by atoms with van der Waals surface area (Å²) in [6, 6.07) is 17.5. The minimum atomic E-state index is -0.416. The second-order valence-corrected chi connectivity index (χ2v) is 7.98. The van der Waals surface area contributed by atoms with Gasteiger partial charge in [-0.15, -0.1) is 0 Å². The predicted octanol–water partition coefficient (Wildman–Crippen LogP) is 5.87. The number of nitro groups is 1. The third-order valence-corrected chi connectivity index (χ3v) is 6.04. The molecule has 0 aromatic heterocycles. The third kappa shape index (κ3) is 4.30. The maximum Gasteiger partial charge on any atom is 0.271 e. The fourth-order valence-electron chi connectivity index (χ4n) is 4.11. The molecule has 5 nitrogen and oxygen atoms in total. The molecule has 4 rings (SSSR count). The molecular formula is C23H23ClN2O3. The quantitative estimate of drug-likeness (QED) is 0.390. The van der Waals surface area contributed by atoms with Crippen molar-refractivity contribution in [2.75, 3.05) is 25.1 Å². The van der Waals surface area contributed by atoms with E-state index in [0.29, 0.717) is 10.9 Å². The highest BCUT2D eigenvalue weighted by Gasteiger charge is 2.22. The number of halogens is 1. The van der Waals surface area contributed by atoms with Gasteiger partial charge in [0.05, 0.1) is 22.7 Å². The normalized spacial score (nSPS) is 14.9. The summed E-state index contributed by atoms with van der Waals surface area (Å²) in [7, 11) is 1.69. The van der Waals surface area contributed by atoms with Crippen LogP contribution in [-0.2, 0) is 6.42 Å². The number of hydrogen-bond donors (Lipinski definition) is 0.